The van der Waals surface area contributed by atoms with Crippen molar-refractivity contribution in [2.75, 3.05) is 0 Å². The second-order valence-corrected chi connectivity index (χ2v) is 5.64. The molecule has 0 bridgehead atoms. The third-order valence-corrected chi connectivity index (χ3v) is 3.99. The first kappa shape index (κ1) is 15.1. The molecule has 120 valence electrons. The monoisotopic (exact) mass is 325 g/mol. The van der Waals surface area contributed by atoms with E-state index in [1.165, 1.54) is 0 Å². The number of hydrogen-bond donors (Lipinski definition) is 0. The van der Waals surface area contributed by atoms with Crippen LogP contribution in [0.5, 0.6) is 11.5 Å². The molecular weight excluding hydrogens is 310 g/mol. The summed E-state index contributed by atoms with van der Waals surface area (Å²) in [7, 11) is 0. The fourth-order valence-corrected chi connectivity index (χ4v) is 2.75. The Morgan fingerprint density at radius 2 is 1.40 bits per heavy atom. The van der Waals surface area contributed by atoms with E-state index >= 15 is 0 Å². The largest absolute Gasteiger partial charge is 0.457 e. The summed E-state index contributed by atoms with van der Waals surface area (Å²) in [6.07, 6.45) is 1.67. The van der Waals surface area contributed by atoms with Crippen LogP contribution in [0.1, 0.15) is 15.9 Å². The van der Waals surface area contributed by atoms with Crippen LogP contribution in [-0.2, 0) is 0 Å². The molecule has 0 atom stereocenters. The zero-order valence-electron chi connectivity index (χ0n) is 13.4. The molecule has 0 aliphatic rings. The number of aromatic nitrogens is 1. The maximum absolute atomic E-state index is 12.9. The topological polar surface area (TPSA) is 39.2 Å². The number of fused-ring (bicyclic) bond motifs is 1. The molecule has 3 aromatic carbocycles. The molecule has 3 heteroatoms. The van der Waals surface area contributed by atoms with Gasteiger partial charge in [-0.05, 0) is 48.5 Å². The van der Waals surface area contributed by atoms with Crippen molar-refractivity contribution in [3.63, 3.8) is 0 Å². The van der Waals surface area contributed by atoms with E-state index in [1.54, 1.807) is 24.4 Å². The number of carbonyl (C=O) groups excluding carboxylic acids is 1. The molecule has 0 aliphatic heterocycles. The maximum Gasteiger partial charge on any atom is 0.193 e. The smallest absolute Gasteiger partial charge is 0.193 e. The van der Waals surface area contributed by atoms with E-state index in [9.17, 15) is 4.79 Å². The van der Waals surface area contributed by atoms with Gasteiger partial charge in [0.1, 0.15) is 11.5 Å². The van der Waals surface area contributed by atoms with Crippen LogP contribution < -0.4 is 4.74 Å². The van der Waals surface area contributed by atoms with E-state index < -0.39 is 0 Å². The second-order valence-electron chi connectivity index (χ2n) is 5.64. The van der Waals surface area contributed by atoms with Gasteiger partial charge in [0.25, 0.3) is 0 Å². The molecule has 0 saturated heterocycles. The van der Waals surface area contributed by atoms with E-state index in [-0.39, 0.29) is 5.78 Å². The first-order valence-electron chi connectivity index (χ1n) is 8.03. The number of ketones is 1. The molecule has 3 nitrogen and oxygen atoms in total. The Balaban J connectivity index is 1.62. The quantitative estimate of drug-likeness (QED) is 0.481. The molecule has 1 heterocycles. The average molecular weight is 325 g/mol. The molecule has 0 fully saturated rings. The van der Waals surface area contributed by atoms with Gasteiger partial charge in [-0.15, -0.1) is 0 Å². The molecule has 4 rings (SSSR count). The summed E-state index contributed by atoms with van der Waals surface area (Å²) in [6.45, 7) is 0. The van der Waals surface area contributed by atoms with Crippen molar-refractivity contribution in [3.05, 3.63) is 102 Å². The summed E-state index contributed by atoms with van der Waals surface area (Å²) >= 11 is 0. The highest BCUT2D eigenvalue weighted by molar-refractivity contribution is 6.15. The Morgan fingerprint density at radius 3 is 2.20 bits per heavy atom. The summed E-state index contributed by atoms with van der Waals surface area (Å²) in [5.41, 5.74) is 2.09. The zero-order valence-corrected chi connectivity index (χ0v) is 13.4. The fourth-order valence-electron chi connectivity index (χ4n) is 2.75. The van der Waals surface area contributed by atoms with Gasteiger partial charge in [-0.3, -0.25) is 9.78 Å². The van der Waals surface area contributed by atoms with E-state index in [4.69, 9.17) is 4.74 Å². The van der Waals surface area contributed by atoms with Gasteiger partial charge in [0, 0.05) is 22.7 Å². The van der Waals surface area contributed by atoms with E-state index in [2.05, 4.69) is 4.98 Å². The Kier molecular flexibility index (Phi) is 3.97. The third kappa shape index (κ3) is 3.12. The van der Waals surface area contributed by atoms with Gasteiger partial charge >= 0.3 is 0 Å². The molecule has 0 unspecified atom stereocenters. The van der Waals surface area contributed by atoms with Gasteiger partial charge < -0.3 is 4.74 Å². The number of pyridine rings is 1. The Bertz CT molecular complexity index is 1020. The van der Waals surface area contributed by atoms with Crippen molar-refractivity contribution in [2.24, 2.45) is 0 Å². The Hall–Kier alpha value is -3.46. The van der Waals surface area contributed by atoms with Gasteiger partial charge in [0.15, 0.2) is 5.78 Å². The zero-order chi connectivity index (χ0) is 17.1. The molecule has 0 aliphatic carbocycles. The van der Waals surface area contributed by atoms with Crippen molar-refractivity contribution < 1.29 is 9.53 Å². The third-order valence-electron chi connectivity index (χ3n) is 3.99. The van der Waals surface area contributed by atoms with Gasteiger partial charge in [0.05, 0.1) is 5.52 Å². The van der Waals surface area contributed by atoms with Gasteiger partial charge in [-0.1, -0.05) is 36.4 Å². The number of benzene rings is 3. The van der Waals surface area contributed by atoms with E-state index in [0.29, 0.717) is 16.9 Å². The normalized spacial score (nSPS) is 10.6. The average Bonchev–Trinajstić information content (AvgIpc) is 2.68. The number of nitrogens with zero attached hydrogens (tertiary/aromatic N) is 1. The first-order chi connectivity index (χ1) is 12.3. The molecule has 25 heavy (non-hydrogen) atoms. The van der Waals surface area contributed by atoms with Crippen molar-refractivity contribution >= 4 is 16.7 Å². The highest BCUT2D eigenvalue weighted by atomic mass is 16.5. The molecular formula is C22H15NO2. The minimum atomic E-state index is -0.0233. The minimum absolute atomic E-state index is 0.0233. The molecule has 1 aromatic heterocycles. The van der Waals surface area contributed by atoms with Crippen LogP contribution in [0, 0.1) is 0 Å². The number of carbonyl (C=O) groups is 1. The van der Waals surface area contributed by atoms with Crippen LogP contribution in [0.25, 0.3) is 10.9 Å². The SMILES string of the molecule is O=C(c1ccc(Oc2ccccc2)cc1)c1ccnc2ccccc12. The second kappa shape index (κ2) is 6.57. The lowest BCUT2D eigenvalue weighted by Gasteiger charge is -2.08. The summed E-state index contributed by atoms with van der Waals surface area (Å²) in [6, 6.07) is 26.2. The Labute approximate surface area is 145 Å². The molecule has 0 spiro atoms. The summed E-state index contributed by atoms with van der Waals surface area (Å²) in [5.74, 6) is 1.44. The molecule has 4 aromatic rings. The highest BCUT2D eigenvalue weighted by Gasteiger charge is 2.13. The van der Waals surface area contributed by atoms with Crippen LogP contribution in [0.15, 0.2) is 91.1 Å². The van der Waals surface area contributed by atoms with E-state index in [0.717, 1.165) is 16.7 Å². The number of rotatable bonds is 4. The van der Waals surface area contributed by atoms with Gasteiger partial charge in [0.2, 0.25) is 0 Å². The lowest BCUT2D eigenvalue weighted by atomic mass is 10.00. The molecule has 0 saturated carbocycles. The van der Waals surface area contributed by atoms with Crippen molar-refractivity contribution in [1.82, 2.24) is 4.98 Å². The van der Waals surface area contributed by atoms with Gasteiger partial charge in [-0.2, -0.15) is 0 Å². The Morgan fingerprint density at radius 1 is 0.720 bits per heavy atom. The van der Waals surface area contributed by atoms with E-state index in [1.807, 2.05) is 66.7 Å². The van der Waals surface area contributed by atoms with Crippen LogP contribution in [0.3, 0.4) is 0 Å². The lowest BCUT2D eigenvalue weighted by Crippen LogP contribution is -2.02. The molecule has 0 amide bonds. The number of ether oxygens (including phenoxy) is 1. The summed E-state index contributed by atoms with van der Waals surface area (Å²) in [4.78, 5) is 17.2. The predicted molar refractivity (Wildman–Crippen MR) is 98.1 cm³/mol. The fraction of sp³-hybridized carbons (Fsp3) is 0. The first-order valence-corrected chi connectivity index (χ1v) is 8.03. The maximum atomic E-state index is 12.9. The van der Waals surface area contributed by atoms with Crippen molar-refractivity contribution in [3.8, 4) is 11.5 Å². The van der Waals surface area contributed by atoms with Crippen LogP contribution >= 0.6 is 0 Å². The highest BCUT2D eigenvalue weighted by Crippen LogP contribution is 2.24. The molecule has 0 radical (unpaired) electrons. The predicted octanol–water partition coefficient (Wildman–Crippen LogP) is 5.26. The van der Waals surface area contributed by atoms with Crippen molar-refractivity contribution in [2.45, 2.75) is 0 Å². The molecule has 0 N–H and O–H groups in total. The van der Waals surface area contributed by atoms with Gasteiger partial charge in [-0.25, -0.2) is 0 Å². The summed E-state index contributed by atoms with van der Waals surface area (Å²) in [5, 5.41) is 0.861. The lowest BCUT2D eigenvalue weighted by molar-refractivity contribution is 0.104. The number of hydrogen-bond acceptors (Lipinski definition) is 3. The van der Waals surface area contributed by atoms with Crippen LogP contribution in [0.2, 0.25) is 0 Å². The summed E-state index contributed by atoms with van der Waals surface area (Å²) < 4.78 is 5.77. The van der Waals surface area contributed by atoms with Crippen molar-refractivity contribution in [1.29, 1.82) is 0 Å². The minimum Gasteiger partial charge on any atom is -0.457 e. The van der Waals surface area contributed by atoms with Crippen LogP contribution in [0.4, 0.5) is 0 Å². The standard InChI is InChI=1S/C22H15NO2/c24-22(20-14-15-23-21-9-5-4-8-19(20)21)16-10-12-18(13-11-16)25-17-6-2-1-3-7-17/h1-15H. The van der Waals surface area contributed by atoms with Crippen LogP contribution in [-0.4, -0.2) is 10.8 Å². The number of para-hydroxylation sites is 2.